The number of rotatable bonds is 2. The molecule has 76 valence electrons. The van der Waals surface area contributed by atoms with Gasteiger partial charge < -0.3 is 10.6 Å². The van der Waals surface area contributed by atoms with Gasteiger partial charge in [0.1, 0.15) is 0 Å². The van der Waals surface area contributed by atoms with E-state index in [0.717, 1.165) is 18.9 Å². The van der Waals surface area contributed by atoms with Gasteiger partial charge in [0.25, 0.3) is 0 Å². The molecule has 0 spiro atoms. The molecule has 1 aliphatic rings. The van der Waals surface area contributed by atoms with Crippen molar-refractivity contribution < 1.29 is 0 Å². The second-order valence-electron chi connectivity index (χ2n) is 5.04. The maximum absolute atomic E-state index is 4.42. The molecule has 0 fully saturated rings. The number of nitrogens with one attached hydrogen (secondary N) is 2. The molecule has 0 amide bonds. The normalized spacial score (nSPS) is 20.8. The number of hydrogen-bond acceptors (Lipinski definition) is 3. The predicted octanol–water partition coefficient (Wildman–Crippen LogP) is 1.50. The SMILES string of the molecule is CCC(C)(C)NC1=NCC(C)(C)N1. The van der Waals surface area contributed by atoms with Crippen molar-refractivity contribution in [1.29, 1.82) is 0 Å². The molecule has 0 bridgehead atoms. The van der Waals surface area contributed by atoms with Gasteiger partial charge in [0.2, 0.25) is 0 Å². The first-order chi connectivity index (χ1) is 5.85. The van der Waals surface area contributed by atoms with Crippen molar-refractivity contribution >= 4 is 5.96 Å². The molecule has 3 heteroatoms. The van der Waals surface area contributed by atoms with Gasteiger partial charge in [-0.15, -0.1) is 0 Å². The molecule has 0 saturated carbocycles. The highest BCUT2D eigenvalue weighted by Crippen LogP contribution is 2.11. The fraction of sp³-hybridized carbons (Fsp3) is 0.900. The molecule has 1 aliphatic heterocycles. The summed E-state index contributed by atoms with van der Waals surface area (Å²) in [5.74, 6) is 0.942. The maximum Gasteiger partial charge on any atom is 0.192 e. The van der Waals surface area contributed by atoms with Crippen LogP contribution in [-0.4, -0.2) is 23.6 Å². The Morgan fingerprint density at radius 3 is 2.54 bits per heavy atom. The second-order valence-corrected chi connectivity index (χ2v) is 5.04. The Morgan fingerprint density at radius 1 is 1.54 bits per heavy atom. The molecule has 0 unspecified atom stereocenters. The van der Waals surface area contributed by atoms with E-state index in [-0.39, 0.29) is 11.1 Å². The first-order valence-electron chi connectivity index (χ1n) is 4.95. The molecule has 0 aromatic carbocycles. The van der Waals surface area contributed by atoms with Gasteiger partial charge in [0, 0.05) is 5.54 Å². The largest absolute Gasteiger partial charge is 0.352 e. The summed E-state index contributed by atoms with van der Waals surface area (Å²) < 4.78 is 0. The third kappa shape index (κ3) is 2.90. The van der Waals surface area contributed by atoms with Crippen LogP contribution in [0, 0.1) is 0 Å². The third-order valence-electron chi connectivity index (χ3n) is 2.43. The first-order valence-corrected chi connectivity index (χ1v) is 4.95. The monoisotopic (exact) mass is 183 g/mol. The van der Waals surface area contributed by atoms with Crippen molar-refractivity contribution in [3.8, 4) is 0 Å². The van der Waals surface area contributed by atoms with E-state index in [1.807, 2.05) is 0 Å². The molecule has 13 heavy (non-hydrogen) atoms. The topological polar surface area (TPSA) is 36.4 Å². The molecule has 0 aromatic rings. The number of nitrogens with zero attached hydrogens (tertiary/aromatic N) is 1. The highest BCUT2D eigenvalue weighted by atomic mass is 15.3. The molecule has 0 aliphatic carbocycles. The van der Waals surface area contributed by atoms with Crippen LogP contribution in [0.15, 0.2) is 4.99 Å². The van der Waals surface area contributed by atoms with Gasteiger partial charge >= 0.3 is 0 Å². The van der Waals surface area contributed by atoms with Gasteiger partial charge in [-0.05, 0) is 34.1 Å². The van der Waals surface area contributed by atoms with Crippen molar-refractivity contribution in [1.82, 2.24) is 10.6 Å². The standard InChI is InChI=1S/C10H21N3/c1-6-9(2,3)12-8-11-7-10(4,5)13-8/h6-7H2,1-5H3,(H2,11,12,13). The lowest BCUT2D eigenvalue weighted by molar-refractivity contribution is 0.431. The van der Waals surface area contributed by atoms with Crippen LogP contribution in [0.2, 0.25) is 0 Å². The van der Waals surface area contributed by atoms with E-state index < -0.39 is 0 Å². The lowest BCUT2D eigenvalue weighted by atomic mass is 10.0. The lowest BCUT2D eigenvalue weighted by Gasteiger charge is -2.27. The molecule has 2 N–H and O–H groups in total. The average molecular weight is 183 g/mol. The maximum atomic E-state index is 4.42. The van der Waals surface area contributed by atoms with Crippen LogP contribution in [0.3, 0.4) is 0 Å². The van der Waals surface area contributed by atoms with Crippen molar-refractivity contribution in [3.05, 3.63) is 0 Å². The predicted molar refractivity (Wildman–Crippen MR) is 57.0 cm³/mol. The number of hydrogen-bond donors (Lipinski definition) is 2. The second kappa shape index (κ2) is 3.20. The Morgan fingerprint density at radius 2 is 2.15 bits per heavy atom. The minimum atomic E-state index is 0.117. The van der Waals surface area contributed by atoms with Crippen LogP contribution in [0.25, 0.3) is 0 Å². The summed E-state index contributed by atoms with van der Waals surface area (Å²) in [6.07, 6.45) is 1.09. The average Bonchev–Trinajstić information content (AvgIpc) is 2.29. The van der Waals surface area contributed by atoms with Crippen molar-refractivity contribution in [2.75, 3.05) is 6.54 Å². The van der Waals surface area contributed by atoms with E-state index >= 15 is 0 Å². The van der Waals surface area contributed by atoms with E-state index in [1.165, 1.54) is 0 Å². The van der Waals surface area contributed by atoms with Gasteiger partial charge in [0.15, 0.2) is 5.96 Å². The molecule has 3 nitrogen and oxygen atoms in total. The van der Waals surface area contributed by atoms with E-state index in [4.69, 9.17) is 0 Å². The molecule has 0 aromatic heterocycles. The number of aliphatic imine (C=N–C) groups is 1. The van der Waals surface area contributed by atoms with Crippen LogP contribution < -0.4 is 10.6 Å². The summed E-state index contributed by atoms with van der Waals surface area (Å²) in [7, 11) is 0. The molecule has 0 atom stereocenters. The van der Waals surface area contributed by atoms with Crippen LogP contribution in [0.1, 0.15) is 41.0 Å². The Kier molecular flexibility index (Phi) is 2.55. The molecule has 1 rings (SSSR count). The van der Waals surface area contributed by atoms with Gasteiger partial charge in [0.05, 0.1) is 12.1 Å². The Balaban J connectivity index is 2.49. The summed E-state index contributed by atoms with van der Waals surface area (Å²) >= 11 is 0. The fourth-order valence-electron chi connectivity index (χ4n) is 1.16. The Hall–Kier alpha value is -0.730. The van der Waals surface area contributed by atoms with Gasteiger partial charge in [-0.2, -0.15) is 0 Å². The van der Waals surface area contributed by atoms with E-state index in [9.17, 15) is 0 Å². The van der Waals surface area contributed by atoms with E-state index in [0.29, 0.717) is 0 Å². The summed E-state index contributed by atoms with van der Waals surface area (Å²) in [5.41, 5.74) is 0.248. The van der Waals surface area contributed by atoms with Crippen molar-refractivity contribution in [2.45, 2.75) is 52.1 Å². The lowest BCUT2D eigenvalue weighted by Crippen LogP contribution is -2.51. The summed E-state index contributed by atoms with van der Waals surface area (Å²) in [5, 5.41) is 6.76. The van der Waals surface area contributed by atoms with Gasteiger partial charge in [-0.25, -0.2) is 0 Å². The van der Waals surface area contributed by atoms with Gasteiger partial charge in [-0.3, -0.25) is 4.99 Å². The molecule has 1 heterocycles. The van der Waals surface area contributed by atoms with Crippen molar-refractivity contribution in [3.63, 3.8) is 0 Å². The third-order valence-corrected chi connectivity index (χ3v) is 2.43. The van der Waals surface area contributed by atoms with E-state index in [1.54, 1.807) is 0 Å². The summed E-state index contributed by atoms with van der Waals surface area (Å²) in [6, 6.07) is 0. The molecular weight excluding hydrogens is 162 g/mol. The first kappa shape index (κ1) is 10.4. The minimum absolute atomic E-state index is 0.117. The Labute approximate surface area is 81.0 Å². The summed E-state index contributed by atoms with van der Waals surface area (Å²) in [4.78, 5) is 4.42. The highest BCUT2D eigenvalue weighted by molar-refractivity contribution is 5.83. The van der Waals surface area contributed by atoms with Crippen LogP contribution in [-0.2, 0) is 0 Å². The van der Waals surface area contributed by atoms with Crippen molar-refractivity contribution in [2.24, 2.45) is 4.99 Å². The zero-order valence-electron chi connectivity index (χ0n) is 9.36. The van der Waals surface area contributed by atoms with Crippen LogP contribution in [0.5, 0.6) is 0 Å². The van der Waals surface area contributed by atoms with Crippen LogP contribution in [0.4, 0.5) is 0 Å². The minimum Gasteiger partial charge on any atom is -0.352 e. The smallest absolute Gasteiger partial charge is 0.192 e. The number of guanidine groups is 1. The zero-order valence-corrected chi connectivity index (χ0v) is 9.36. The van der Waals surface area contributed by atoms with Crippen LogP contribution >= 0.6 is 0 Å². The Bertz CT molecular complexity index is 216. The molecule has 0 saturated heterocycles. The fourth-order valence-corrected chi connectivity index (χ4v) is 1.16. The summed E-state index contributed by atoms with van der Waals surface area (Å²) in [6.45, 7) is 11.7. The van der Waals surface area contributed by atoms with Gasteiger partial charge in [-0.1, -0.05) is 6.92 Å². The zero-order chi connectivity index (χ0) is 10.1. The molecule has 0 radical (unpaired) electrons. The highest BCUT2D eigenvalue weighted by Gasteiger charge is 2.27. The molecular formula is C10H21N3. The quantitative estimate of drug-likeness (QED) is 0.680. The van der Waals surface area contributed by atoms with E-state index in [2.05, 4.69) is 50.2 Å².